The zero-order valence-corrected chi connectivity index (χ0v) is 10.6. The highest BCUT2D eigenvalue weighted by molar-refractivity contribution is 7.99. The van der Waals surface area contributed by atoms with Gasteiger partial charge in [-0.3, -0.25) is 4.98 Å². The predicted octanol–water partition coefficient (Wildman–Crippen LogP) is 1.94. The van der Waals surface area contributed by atoms with Crippen molar-refractivity contribution >= 4 is 17.6 Å². The fraction of sp³-hybridized carbons (Fsp3) is 0.667. The Balaban J connectivity index is 1.64. The van der Waals surface area contributed by atoms with Crippen LogP contribution < -0.4 is 5.32 Å². The summed E-state index contributed by atoms with van der Waals surface area (Å²) in [6, 6.07) is 0.471. The Labute approximate surface area is 106 Å². The Morgan fingerprint density at radius 3 is 3.24 bits per heavy atom. The van der Waals surface area contributed by atoms with Gasteiger partial charge in [0.2, 0.25) is 0 Å². The van der Waals surface area contributed by atoms with Gasteiger partial charge in [-0.15, -0.1) is 0 Å². The standard InChI is InChI=1S/C12H17N3OS/c1-5-16-12(2-6-17-9-12)7-10(1)15-11-8-13-3-4-14-11/h3-4,8,10H,1-2,5-7,9H2,(H,14,15)/t10-,12+/m0/s1. The molecule has 1 N–H and O–H groups in total. The van der Waals surface area contributed by atoms with E-state index < -0.39 is 0 Å². The van der Waals surface area contributed by atoms with Gasteiger partial charge in [0.1, 0.15) is 5.82 Å². The van der Waals surface area contributed by atoms with E-state index in [2.05, 4.69) is 15.3 Å². The van der Waals surface area contributed by atoms with E-state index in [4.69, 9.17) is 4.74 Å². The van der Waals surface area contributed by atoms with E-state index in [1.54, 1.807) is 18.6 Å². The van der Waals surface area contributed by atoms with Crippen molar-refractivity contribution in [2.75, 3.05) is 23.4 Å². The Hall–Kier alpha value is -0.810. The SMILES string of the molecule is c1cnc(N[C@H]2CCO[C@]3(CCSC3)C2)cn1. The summed E-state index contributed by atoms with van der Waals surface area (Å²) in [5.74, 6) is 3.25. The van der Waals surface area contributed by atoms with Crippen LogP contribution in [-0.4, -0.2) is 39.7 Å². The van der Waals surface area contributed by atoms with Crippen LogP contribution in [0.3, 0.4) is 0 Å². The third-order valence-electron chi connectivity index (χ3n) is 3.48. The fourth-order valence-electron chi connectivity index (χ4n) is 2.60. The molecule has 4 nitrogen and oxygen atoms in total. The summed E-state index contributed by atoms with van der Waals surface area (Å²) in [6.07, 6.45) is 8.55. The van der Waals surface area contributed by atoms with Gasteiger partial charge in [0.15, 0.2) is 0 Å². The molecular formula is C12H17N3OS. The molecule has 2 fully saturated rings. The topological polar surface area (TPSA) is 47.0 Å². The van der Waals surface area contributed by atoms with Crippen molar-refractivity contribution in [1.29, 1.82) is 0 Å². The second kappa shape index (κ2) is 4.82. The molecule has 1 aromatic rings. The lowest BCUT2D eigenvalue weighted by Crippen LogP contribution is -2.44. The molecule has 2 aliphatic heterocycles. The lowest BCUT2D eigenvalue weighted by atomic mass is 9.90. The number of hydrogen-bond donors (Lipinski definition) is 1. The molecular weight excluding hydrogens is 234 g/mol. The van der Waals surface area contributed by atoms with E-state index in [-0.39, 0.29) is 5.60 Å². The molecule has 2 aliphatic rings. The number of thioether (sulfide) groups is 1. The molecule has 0 amide bonds. The van der Waals surface area contributed by atoms with Crippen LogP contribution in [0, 0.1) is 0 Å². The fourth-order valence-corrected chi connectivity index (χ4v) is 3.98. The Morgan fingerprint density at radius 1 is 1.47 bits per heavy atom. The Kier molecular flexibility index (Phi) is 3.20. The van der Waals surface area contributed by atoms with Crippen molar-refractivity contribution < 1.29 is 4.74 Å². The molecule has 92 valence electrons. The van der Waals surface area contributed by atoms with Gasteiger partial charge in [-0.1, -0.05) is 0 Å². The van der Waals surface area contributed by atoms with Crippen molar-refractivity contribution in [3.05, 3.63) is 18.6 Å². The number of nitrogens with zero attached hydrogens (tertiary/aromatic N) is 2. The van der Waals surface area contributed by atoms with Crippen LogP contribution in [0.5, 0.6) is 0 Å². The third kappa shape index (κ3) is 2.55. The molecule has 0 aliphatic carbocycles. The average Bonchev–Trinajstić information content (AvgIpc) is 2.79. The zero-order chi connectivity index (χ0) is 11.6. The van der Waals surface area contributed by atoms with Gasteiger partial charge in [-0.25, -0.2) is 4.98 Å². The number of hydrogen-bond acceptors (Lipinski definition) is 5. The van der Waals surface area contributed by atoms with E-state index in [1.807, 2.05) is 11.8 Å². The molecule has 3 heterocycles. The van der Waals surface area contributed by atoms with Gasteiger partial charge in [0.05, 0.1) is 11.8 Å². The average molecular weight is 251 g/mol. The molecule has 0 saturated carbocycles. The van der Waals surface area contributed by atoms with Gasteiger partial charge in [-0.05, 0) is 25.0 Å². The molecule has 3 rings (SSSR count). The normalized spacial score (nSPS) is 32.8. The van der Waals surface area contributed by atoms with Gasteiger partial charge >= 0.3 is 0 Å². The molecule has 17 heavy (non-hydrogen) atoms. The highest BCUT2D eigenvalue weighted by Gasteiger charge is 2.40. The van der Waals surface area contributed by atoms with Crippen LogP contribution in [0.1, 0.15) is 19.3 Å². The summed E-state index contributed by atoms with van der Waals surface area (Å²) in [4.78, 5) is 8.35. The number of rotatable bonds is 2. The van der Waals surface area contributed by atoms with Gasteiger partial charge < -0.3 is 10.1 Å². The lowest BCUT2D eigenvalue weighted by molar-refractivity contribution is -0.0628. The Bertz CT molecular complexity index is 367. The van der Waals surface area contributed by atoms with Gasteiger partial charge in [-0.2, -0.15) is 11.8 Å². The van der Waals surface area contributed by atoms with E-state index >= 15 is 0 Å². The number of ether oxygens (including phenoxy) is 1. The largest absolute Gasteiger partial charge is 0.374 e. The minimum Gasteiger partial charge on any atom is -0.374 e. The van der Waals surface area contributed by atoms with E-state index in [1.165, 1.54) is 12.2 Å². The van der Waals surface area contributed by atoms with Crippen molar-refractivity contribution in [2.24, 2.45) is 0 Å². The third-order valence-corrected chi connectivity index (χ3v) is 4.70. The molecule has 2 saturated heterocycles. The minimum atomic E-state index is 0.128. The molecule has 0 radical (unpaired) electrons. The number of aromatic nitrogens is 2. The molecule has 0 unspecified atom stereocenters. The van der Waals surface area contributed by atoms with Crippen molar-refractivity contribution in [3.63, 3.8) is 0 Å². The quantitative estimate of drug-likeness (QED) is 0.870. The monoisotopic (exact) mass is 251 g/mol. The van der Waals surface area contributed by atoms with Crippen LogP contribution in [0.15, 0.2) is 18.6 Å². The molecule has 2 atom stereocenters. The molecule has 1 aromatic heterocycles. The smallest absolute Gasteiger partial charge is 0.144 e. The van der Waals surface area contributed by atoms with E-state index in [9.17, 15) is 0 Å². The zero-order valence-electron chi connectivity index (χ0n) is 9.76. The highest BCUT2D eigenvalue weighted by Crippen LogP contribution is 2.38. The van der Waals surface area contributed by atoms with Gasteiger partial charge in [0, 0.05) is 30.8 Å². The maximum atomic E-state index is 6.00. The van der Waals surface area contributed by atoms with Crippen LogP contribution in [0.2, 0.25) is 0 Å². The first-order chi connectivity index (χ1) is 8.36. The van der Waals surface area contributed by atoms with Crippen LogP contribution in [0.4, 0.5) is 5.82 Å². The minimum absolute atomic E-state index is 0.128. The first-order valence-corrected chi connectivity index (χ1v) is 7.26. The number of nitrogens with one attached hydrogen (secondary N) is 1. The van der Waals surface area contributed by atoms with Crippen molar-refractivity contribution in [2.45, 2.75) is 30.9 Å². The van der Waals surface area contributed by atoms with E-state index in [0.29, 0.717) is 6.04 Å². The van der Waals surface area contributed by atoms with E-state index in [0.717, 1.165) is 31.0 Å². The van der Waals surface area contributed by atoms with Crippen molar-refractivity contribution in [1.82, 2.24) is 9.97 Å². The molecule has 0 aromatic carbocycles. The number of anilines is 1. The van der Waals surface area contributed by atoms with Crippen LogP contribution >= 0.6 is 11.8 Å². The van der Waals surface area contributed by atoms with Crippen molar-refractivity contribution in [3.8, 4) is 0 Å². The maximum Gasteiger partial charge on any atom is 0.144 e. The summed E-state index contributed by atoms with van der Waals surface area (Å²) in [6.45, 7) is 0.860. The van der Waals surface area contributed by atoms with Crippen LogP contribution in [0.25, 0.3) is 0 Å². The van der Waals surface area contributed by atoms with Crippen LogP contribution in [-0.2, 0) is 4.74 Å². The molecule has 0 bridgehead atoms. The molecule has 1 spiro atoms. The highest BCUT2D eigenvalue weighted by atomic mass is 32.2. The summed E-state index contributed by atoms with van der Waals surface area (Å²) in [7, 11) is 0. The summed E-state index contributed by atoms with van der Waals surface area (Å²) >= 11 is 2.01. The lowest BCUT2D eigenvalue weighted by Gasteiger charge is -2.38. The molecule has 5 heteroatoms. The summed E-state index contributed by atoms with van der Waals surface area (Å²) < 4.78 is 6.00. The Morgan fingerprint density at radius 2 is 2.47 bits per heavy atom. The first-order valence-electron chi connectivity index (χ1n) is 6.11. The predicted molar refractivity (Wildman–Crippen MR) is 69.3 cm³/mol. The second-order valence-electron chi connectivity index (χ2n) is 4.76. The maximum absolute atomic E-state index is 6.00. The summed E-state index contributed by atoms with van der Waals surface area (Å²) in [5, 5.41) is 3.47. The van der Waals surface area contributed by atoms with Gasteiger partial charge in [0.25, 0.3) is 0 Å². The first kappa shape index (κ1) is 11.3. The second-order valence-corrected chi connectivity index (χ2v) is 5.86. The summed E-state index contributed by atoms with van der Waals surface area (Å²) in [5.41, 5.74) is 0.128.